The SMILES string of the molecule is C=Nc1c(SF)cnn1/C(=C\Cc1ccccc1O)NCCNC(=O)/C(C=P)=C(\C)O. The van der Waals surface area contributed by atoms with Crippen molar-refractivity contribution in [1.29, 1.82) is 0 Å². The summed E-state index contributed by atoms with van der Waals surface area (Å²) in [5.74, 6) is 1.62. The number of carbonyl (C=O) groups is 1. The number of phenolic OH excluding ortho intramolecular Hbond substituents is 1. The molecule has 0 radical (unpaired) electrons. The van der Waals surface area contributed by atoms with Gasteiger partial charge in [0.25, 0.3) is 5.91 Å². The fourth-order valence-corrected chi connectivity index (χ4v) is 3.27. The Kier molecular flexibility index (Phi) is 9.30. The quantitative estimate of drug-likeness (QED) is 0.134. The third-order valence-corrected chi connectivity index (χ3v) is 4.92. The fourth-order valence-electron chi connectivity index (χ4n) is 2.62. The van der Waals surface area contributed by atoms with E-state index in [0.29, 0.717) is 24.4 Å². The number of halogens is 1. The number of carbonyl (C=O) groups excluding carboxylic acids is 1. The number of amides is 1. The molecule has 0 atom stereocenters. The highest BCUT2D eigenvalue weighted by molar-refractivity contribution is 7.94. The first-order valence-corrected chi connectivity index (χ1v) is 10.5. The number of aromatic nitrogens is 2. The molecular weight excluding hydrogens is 440 g/mol. The molecule has 8 nitrogen and oxygen atoms in total. The second-order valence-corrected chi connectivity index (χ2v) is 7.11. The average molecular weight is 463 g/mol. The number of benzene rings is 1. The van der Waals surface area contributed by atoms with Gasteiger partial charge in [-0.3, -0.25) is 4.79 Å². The topological polar surface area (TPSA) is 112 Å². The summed E-state index contributed by atoms with van der Waals surface area (Å²) in [5, 5.41) is 29.5. The number of phenols is 1. The van der Waals surface area contributed by atoms with E-state index in [1.54, 1.807) is 24.3 Å². The molecule has 0 saturated heterocycles. The molecule has 0 saturated carbocycles. The third kappa shape index (κ3) is 6.44. The summed E-state index contributed by atoms with van der Waals surface area (Å²) >= 11 is 0.00986. The number of hydrogen-bond donors (Lipinski definition) is 4. The second kappa shape index (κ2) is 11.9. The van der Waals surface area contributed by atoms with Gasteiger partial charge in [-0.1, -0.05) is 18.2 Å². The molecule has 0 fully saturated rings. The molecule has 4 N–H and O–H groups in total. The van der Waals surface area contributed by atoms with E-state index in [1.165, 1.54) is 23.6 Å². The lowest BCUT2D eigenvalue weighted by molar-refractivity contribution is -0.117. The van der Waals surface area contributed by atoms with Crippen LogP contribution in [0, 0.1) is 0 Å². The summed E-state index contributed by atoms with van der Waals surface area (Å²) in [6, 6.07) is 6.90. The molecule has 0 unspecified atom stereocenters. The maximum absolute atomic E-state index is 13.1. The van der Waals surface area contributed by atoms with Gasteiger partial charge in [-0.15, -0.1) is 8.86 Å². The molecule has 0 spiro atoms. The van der Waals surface area contributed by atoms with E-state index in [9.17, 15) is 18.9 Å². The van der Waals surface area contributed by atoms with E-state index in [4.69, 9.17) is 0 Å². The maximum atomic E-state index is 13.1. The van der Waals surface area contributed by atoms with Crippen molar-refractivity contribution in [3.8, 4) is 5.75 Å². The van der Waals surface area contributed by atoms with Crippen LogP contribution in [-0.4, -0.2) is 51.5 Å². The van der Waals surface area contributed by atoms with Crippen LogP contribution in [0.1, 0.15) is 12.5 Å². The fraction of sp³-hybridized carbons (Fsp3) is 0.200. The lowest BCUT2D eigenvalue weighted by atomic mass is 10.1. The number of allylic oxidation sites excluding steroid dienone is 2. The number of aliphatic imine (C=N–C) groups is 1. The van der Waals surface area contributed by atoms with E-state index in [1.807, 2.05) is 6.07 Å². The summed E-state index contributed by atoms with van der Waals surface area (Å²) in [4.78, 5) is 16.1. The van der Waals surface area contributed by atoms with E-state index in [2.05, 4.69) is 36.3 Å². The molecule has 0 aliphatic heterocycles. The smallest absolute Gasteiger partial charge is 0.255 e. The Morgan fingerprint density at radius 3 is 2.71 bits per heavy atom. The number of rotatable bonds is 11. The van der Waals surface area contributed by atoms with Gasteiger partial charge in [0.1, 0.15) is 22.2 Å². The molecule has 0 bridgehead atoms. The Morgan fingerprint density at radius 2 is 2.10 bits per heavy atom. The number of aromatic hydroxyl groups is 1. The average Bonchev–Trinajstić information content (AvgIpc) is 3.17. The Bertz CT molecular complexity index is 1020. The van der Waals surface area contributed by atoms with Crippen LogP contribution in [0.5, 0.6) is 5.75 Å². The largest absolute Gasteiger partial charge is 0.512 e. The van der Waals surface area contributed by atoms with Crippen LogP contribution in [0.15, 0.2) is 57.8 Å². The normalized spacial score (nSPS) is 12.1. The zero-order valence-electron chi connectivity index (χ0n) is 16.8. The molecule has 2 rings (SSSR count). The van der Waals surface area contributed by atoms with Gasteiger partial charge in [-0.05, 0) is 43.6 Å². The van der Waals surface area contributed by atoms with Crippen molar-refractivity contribution in [1.82, 2.24) is 20.4 Å². The second-order valence-electron chi connectivity index (χ2n) is 6.23. The lowest BCUT2D eigenvalue weighted by Gasteiger charge is -2.14. The minimum atomic E-state index is -0.444. The van der Waals surface area contributed by atoms with E-state index in [0.717, 1.165) is 0 Å². The standard InChI is InChI=1S/C20H23FN5O3PS/c1-13(27)15(12-30)20(29)24-10-9-23-18(8-7-14-5-3-4-6-16(14)28)26-19(22-2)17(31-21)11-25-26/h3-6,8,11-12,23,27-28,30H,2,7,9-10H2,1H3,(H,24,29)/b15-13+,18-8-. The Morgan fingerprint density at radius 1 is 1.39 bits per heavy atom. The first-order chi connectivity index (χ1) is 14.9. The molecule has 11 heteroatoms. The number of hydrogen-bond acceptors (Lipinski definition) is 7. The van der Waals surface area contributed by atoms with Crippen molar-refractivity contribution in [3.05, 3.63) is 53.4 Å². The number of aliphatic hydroxyl groups excluding tert-OH is 1. The third-order valence-electron chi connectivity index (χ3n) is 4.17. The summed E-state index contributed by atoms with van der Waals surface area (Å²) < 4.78 is 14.5. The van der Waals surface area contributed by atoms with Gasteiger partial charge >= 0.3 is 0 Å². The van der Waals surface area contributed by atoms with Crippen LogP contribution in [0.4, 0.5) is 9.70 Å². The Hall–Kier alpha value is -3.10. The highest BCUT2D eigenvalue weighted by atomic mass is 32.2. The highest BCUT2D eigenvalue weighted by Gasteiger charge is 2.14. The van der Waals surface area contributed by atoms with Gasteiger partial charge in [0.15, 0.2) is 5.82 Å². The van der Waals surface area contributed by atoms with Crippen LogP contribution in [0.2, 0.25) is 0 Å². The van der Waals surface area contributed by atoms with Crippen LogP contribution < -0.4 is 10.6 Å². The summed E-state index contributed by atoms with van der Waals surface area (Å²) in [7, 11) is 3.10. The molecule has 1 aromatic heterocycles. The van der Waals surface area contributed by atoms with Crippen molar-refractivity contribution in [2.45, 2.75) is 18.2 Å². The number of nitrogens with one attached hydrogen (secondary N) is 2. The first-order valence-electron chi connectivity index (χ1n) is 9.16. The molecule has 0 aliphatic rings. The van der Waals surface area contributed by atoms with Crippen LogP contribution in [-0.2, 0) is 11.2 Å². The van der Waals surface area contributed by atoms with Crippen molar-refractivity contribution in [2.24, 2.45) is 4.99 Å². The first kappa shape index (κ1) is 24.2. The van der Waals surface area contributed by atoms with Gasteiger partial charge < -0.3 is 20.8 Å². The van der Waals surface area contributed by atoms with E-state index < -0.39 is 5.91 Å². The van der Waals surface area contributed by atoms with Gasteiger partial charge in [0, 0.05) is 13.1 Å². The van der Waals surface area contributed by atoms with Gasteiger partial charge in [0.2, 0.25) is 0 Å². The monoisotopic (exact) mass is 463 g/mol. The van der Waals surface area contributed by atoms with Crippen molar-refractivity contribution in [3.63, 3.8) is 0 Å². The molecule has 1 aromatic carbocycles. The number of nitrogens with zero attached hydrogens (tertiary/aromatic N) is 3. The zero-order valence-corrected chi connectivity index (χ0v) is 18.6. The zero-order chi connectivity index (χ0) is 22.8. The minimum Gasteiger partial charge on any atom is -0.512 e. The molecule has 31 heavy (non-hydrogen) atoms. The number of para-hydroxylation sites is 1. The summed E-state index contributed by atoms with van der Waals surface area (Å²) in [6.07, 6.45) is 3.46. The summed E-state index contributed by atoms with van der Waals surface area (Å²) in [6.45, 7) is 5.41. The van der Waals surface area contributed by atoms with E-state index >= 15 is 0 Å². The maximum Gasteiger partial charge on any atom is 0.255 e. The van der Waals surface area contributed by atoms with Gasteiger partial charge in [0.05, 0.1) is 23.9 Å². The molecule has 0 aliphatic carbocycles. The molecule has 2 aromatic rings. The van der Waals surface area contributed by atoms with Crippen LogP contribution in [0.25, 0.3) is 5.82 Å². The molecule has 1 amide bonds. The summed E-state index contributed by atoms with van der Waals surface area (Å²) in [5.41, 5.74) is 0.804. The Balaban J connectivity index is 2.18. The van der Waals surface area contributed by atoms with Crippen molar-refractivity contribution in [2.75, 3.05) is 13.1 Å². The van der Waals surface area contributed by atoms with Gasteiger partial charge in [-0.25, -0.2) is 4.99 Å². The van der Waals surface area contributed by atoms with E-state index in [-0.39, 0.29) is 46.5 Å². The lowest BCUT2D eigenvalue weighted by Crippen LogP contribution is -2.33. The molecule has 164 valence electrons. The van der Waals surface area contributed by atoms with Crippen LogP contribution >= 0.6 is 21.0 Å². The molecular formula is C20H23FN5O3PS. The predicted octanol–water partition coefficient (Wildman–Crippen LogP) is 3.42. The van der Waals surface area contributed by atoms with Crippen LogP contribution in [0.3, 0.4) is 0 Å². The minimum absolute atomic E-state index is 0.00986. The number of aliphatic hydroxyl groups is 1. The van der Waals surface area contributed by atoms with Crippen molar-refractivity contribution >= 4 is 51.1 Å². The highest BCUT2D eigenvalue weighted by Crippen LogP contribution is 2.31. The predicted molar refractivity (Wildman–Crippen MR) is 125 cm³/mol. The van der Waals surface area contributed by atoms with Crippen molar-refractivity contribution < 1.29 is 18.9 Å². The Labute approximate surface area is 186 Å². The van der Waals surface area contributed by atoms with Gasteiger partial charge in [-0.2, -0.15) is 13.7 Å². The molecule has 1 heterocycles.